The lowest BCUT2D eigenvalue weighted by atomic mass is 10.3. The molecular weight excluding hydrogens is 187 g/mol. The summed E-state index contributed by atoms with van der Waals surface area (Å²) in [5.41, 5.74) is 1.11. The van der Waals surface area contributed by atoms with Gasteiger partial charge in [-0.05, 0) is 22.4 Å². The first-order valence-corrected chi connectivity index (χ1v) is 3.60. The van der Waals surface area contributed by atoms with Crippen LogP contribution in [0.15, 0.2) is 16.8 Å². The second kappa shape index (κ2) is 2.36. The van der Waals surface area contributed by atoms with E-state index in [4.69, 9.17) is 23.2 Å². The molecule has 1 aromatic heterocycles. The molecule has 56 valence electrons. The molecule has 0 saturated heterocycles. The molecule has 0 unspecified atom stereocenters. The molecule has 5 heteroatoms. The summed E-state index contributed by atoms with van der Waals surface area (Å²) in [5, 5.41) is 8.15. The van der Waals surface area contributed by atoms with Crippen molar-refractivity contribution in [1.82, 2.24) is 10.3 Å². The standard InChI is InChI=1S/C6H2Cl2N2O/c7-3-1-4(8)6-5(2-3)9-11-10-6/h1-2H. The molecule has 0 atom stereocenters. The second-order valence-corrected chi connectivity index (χ2v) is 2.86. The van der Waals surface area contributed by atoms with Crippen molar-refractivity contribution in [3.05, 3.63) is 22.2 Å². The summed E-state index contributed by atoms with van der Waals surface area (Å²) < 4.78 is 4.46. The molecule has 1 aromatic carbocycles. The van der Waals surface area contributed by atoms with E-state index in [0.717, 1.165) is 0 Å². The minimum absolute atomic E-state index is 0.453. The Labute approximate surface area is 71.9 Å². The van der Waals surface area contributed by atoms with Crippen molar-refractivity contribution in [3.63, 3.8) is 0 Å². The number of rotatable bonds is 0. The third-order valence-electron chi connectivity index (χ3n) is 1.28. The van der Waals surface area contributed by atoms with Crippen LogP contribution in [0.4, 0.5) is 0 Å². The van der Waals surface area contributed by atoms with Crippen molar-refractivity contribution < 1.29 is 4.63 Å². The second-order valence-electron chi connectivity index (χ2n) is 2.02. The normalized spacial score (nSPS) is 10.7. The fourth-order valence-corrected chi connectivity index (χ4v) is 1.33. The summed E-state index contributed by atoms with van der Waals surface area (Å²) in [6, 6.07) is 3.23. The molecule has 0 aliphatic rings. The lowest BCUT2D eigenvalue weighted by Crippen LogP contribution is -1.71. The molecule has 0 bridgehead atoms. The van der Waals surface area contributed by atoms with Gasteiger partial charge in [-0.25, -0.2) is 4.63 Å². The predicted octanol–water partition coefficient (Wildman–Crippen LogP) is 2.53. The van der Waals surface area contributed by atoms with E-state index in [1.54, 1.807) is 12.1 Å². The number of aromatic nitrogens is 2. The zero-order valence-electron chi connectivity index (χ0n) is 5.21. The fourth-order valence-electron chi connectivity index (χ4n) is 0.818. The zero-order valence-corrected chi connectivity index (χ0v) is 6.73. The van der Waals surface area contributed by atoms with Gasteiger partial charge in [0.15, 0.2) is 5.52 Å². The van der Waals surface area contributed by atoms with E-state index in [0.29, 0.717) is 21.1 Å². The first kappa shape index (κ1) is 6.88. The van der Waals surface area contributed by atoms with Crippen LogP contribution in [0.25, 0.3) is 11.0 Å². The monoisotopic (exact) mass is 188 g/mol. The van der Waals surface area contributed by atoms with Gasteiger partial charge in [0.05, 0.1) is 5.02 Å². The van der Waals surface area contributed by atoms with Crippen molar-refractivity contribution in [2.75, 3.05) is 0 Å². The molecule has 0 aliphatic carbocycles. The minimum atomic E-state index is 0.453. The highest BCUT2D eigenvalue weighted by molar-refractivity contribution is 6.38. The van der Waals surface area contributed by atoms with E-state index in [-0.39, 0.29) is 0 Å². The highest BCUT2D eigenvalue weighted by Crippen LogP contribution is 2.24. The van der Waals surface area contributed by atoms with Gasteiger partial charge >= 0.3 is 0 Å². The van der Waals surface area contributed by atoms with Crippen molar-refractivity contribution in [2.45, 2.75) is 0 Å². The lowest BCUT2D eigenvalue weighted by molar-refractivity contribution is 0.315. The van der Waals surface area contributed by atoms with E-state index in [1.807, 2.05) is 0 Å². The van der Waals surface area contributed by atoms with Gasteiger partial charge in [0.25, 0.3) is 0 Å². The summed E-state index contributed by atoms with van der Waals surface area (Å²) in [5.74, 6) is 0. The van der Waals surface area contributed by atoms with Crippen molar-refractivity contribution in [1.29, 1.82) is 0 Å². The molecule has 11 heavy (non-hydrogen) atoms. The molecule has 0 N–H and O–H groups in total. The summed E-state index contributed by atoms with van der Waals surface area (Å²) in [6.45, 7) is 0. The van der Waals surface area contributed by atoms with E-state index < -0.39 is 0 Å². The minimum Gasteiger partial charge on any atom is -0.243 e. The van der Waals surface area contributed by atoms with E-state index in [1.165, 1.54) is 0 Å². The van der Waals surface area contributed by atoms with Crippen LogP contribution < -0.4 is 0 Å². The zero-order chi connectivity index (χ0) is 7.84. The van der Waals surface area contributed by atoms with Gasteiger partial charge in [0, 0.05) is 5.02 Å². The molecule has 0 fully saturated rings. The van der Waals surface area contributed by atoms with E-state index >= 15 is 0 Å². The molecule has 0 saturated carbocycles. The topological polar surface area (TPSA) is 38.9 Å². The Bertz CT molecular complexity index is 398. The van der Waals surface area contributed by atoms with E-state index in [2.05, 4.69) is 14.9 Å². The van der Waals surface area contributed by atoms with Crippen LogP contribution in [0.2, 0.25) is 10.0 Å². The number of fused-ring (bicyclic) bond motifs is 1. The number of benzene rings is 1. The summed E-state index contributed by atoms with van der Waals surface area (Å²) in [6.07, 6.45) is 0. The Morgan fingerprint density at radius 2 is 2.00 bits per heavy atom. The molecule has 0 amide bonds. The Morgan fingerprint density at radius 3 is 2.82 bits per heavy atom. The number of nitrogens with zero attached hydrogens (tertiary/aromatic N) is 2. The maximum Gasteiger partial charge on any atom is 0.153 e. The first-order chi connectivity index (χ1) is 5.27. The summed E-state index contributed by atoms with van der Waals surface area (Å²) >= 11 is 11.4. The largest absolute Gasteiger partial charge is 0.243 e. The van der Waals surface area contributed by atoms with Crippen LogP contribution in [0.1, 0.15) is 0 Å². The highest BCUT2D eigenvalue weighted by Gasteiger charge is 2.05. The van der Waals surface area contributed by atoms with Gasteiger partial charge in [-0.2, -0.15) is 0 Å². The fraction of sp³-hybridized carbons (Fsp3) is 0. The average molecular weight is 189 g/mol. The first-order valence-electron chi connectivity index (χ1n) is 2.85. The Hall–Kier alpha value is -0.800. The van der Waals surface area contributed by atoms with Gasteiger partial charge < -0.3 is 0 Å². The Kier molecular flexibility index (Phi) is 1.47. The molecular formula is C6H2Cl2N2O. The number of hydrogen-bond donors (Lipinski definition) is 0. The van der Waals surface area contributed by atoms with Crippen molar-refractivity contribution in [3.8, 4) is 0 Å². The van der Waals surface area contributed by atoms with Crippen molar-refractivity contribution >= 4 is 34.2 Å². The molecule has 1 heterocycles. The van der Waals surface area contributed by atoms with Gasteiger partial charge in [-0.15, -0.1) is 0 Å². The van der Waals surface area contributed by atoms with Gasteiger partial charge in [0.2, 0.25) is 0 Å². The van der Waals surface area contributed by atoms with E-state index in [9.17, 15) is 0 Å². The van der Waals surface area contributed by atoms with Crippen LogP contribution in [-0.4, -0.2) is 10.3 Å². The Balaban J connectivity index is 2.91. The SMILES string of the molecule is Clc1cc(Cl)c2nonc2c1. The van der Waals surface area contributed by atoms with Gasteiger partial charge in [-0.3, -0.25) is 0 Å². The lowest BCUT2D eigenvalue weighted by Gasteiger charge is -1.89. The number of hydrogen-bond acceptors (Lipinski definition) is 3. The van der Waals surface area contributed by atoms with Gasteiger partial charge in [-0.1, -0.05) is 23.2 Å². The van der Waals surface area contributed by atoms with Crippen LogP contribution in [0.5, 0.6) is 0 Å². The number of halogens is 2. The molecule has 3 nitrogen and oxygen atoms in total. The van der Waals surface area contributed by atoms with Crippen LogP contribution in [-0.2, 0) is 0 Å². The Morgan fingerprint density at radius 1 is 1.18 bits per heavy atom. The molecule has 2 aromatic rings. The predicted molar refractivity (Wildman–Crippen MR) is 41.8 cm³/mol. The third-order valence-corrected chi connectivity index (χ3v) is 1.79. The average Bonchev–Trinajstić information content (AvgIpc) is 2.34. The summed E-state index contributed by atoms with van der Waals surface area (Å²) in [4.78, 5) is 0. The van der Waals surface area contributed by atoms with Crippen LogP contribution >= 0.6 is 23.2 Å². The van der Waals surface area contributed by atoms with Crippen LogP contribution in [0.3, 0.4) is 0 Å². The van der Waals surface area contributed by atoms with Crippen LogP contribution in [0, 0.1) is 0 Å². The maximum atomic E-state index is 5.76. The van der Waals surface area contributed by atoms with Crippen molar-refractivity contribution in [2.24, 2.45) is 0 Å². The highest BCUT2D eigenvalue weighted by atomic mass is 35.5. The molecule has 0 aliphatic heterocycles. The van der Waals surface area contributed by atoms with Gasteiger partial charge in [0.1, 0.15) is 5.52 Å². The molecule has 2 rings (SSSR count). The molecule has 0 radical (unpaired) electrons. The third kappa shape index (κ3) is 1.06. The smallest absolute Gasteiger partial charge is 0.153 e. The summed E-state index contributed by atoms with van der Waals surface area (Å²) in [7, 11) is 0. The quantitative estimate of drug-likeness (QED) is 0.638. The maximum absolute atomic E-state index is 5.76. The molecule has 0 spiro atoms.